The van der Waals surface area contributed by atoms with Crippen molar-refractivity contribution >= 4 is 17.7 Å². The normalized spacial score (nSPS) is 23.5. The molecule has 1 aliphatic heterocycles. The van der Waals surface area contributed by atoms with Gasteiger partial charge in [-0.05, 0) is 51.0 Å². The second-order valence-corrected chi connectivity index (χ2v) is 7.96. The third-order valence-corrected chi connectivity index (χ3v) is 5.63. The minimum Gasteiger partial charge on any atom is -0.469 e. The van der Waals surface area contributed by atoms with Crippen molar-refractivity contribution in [2.24, 2.45) is 4.99 Å². The van der Waals surface area contributed by atoms with Crippen LogP contribution in [0.15, 0.2) is 27.8 Å². The zero-order valence-electron chi connectivity index (χ0n) is 14.0. The van der Waals surface area contributed by atoms with Gasteiger partial charge in [0.05, 0.1) is 12.8 Å². The topological polar surface area (TPSA) is 49.6 Å². The number of furan rings is 1. The summed E-state index contributed by atoms with van der Waals surface area (Å²) < 4.78 is 5.68. The number of hydrogen-bond acceptors (Lipinski definition) is 3. The van der Waals surface area contributed by atoms with E-state index in [1.54, 1.807) is 6.26 Å². The summed E-state index contributed by atoms with van der Waals surface area (Å²) in [6, 6.07) is 4.37. The molecule has 0 bridgehead atoms. The summed E-state index contributed by atoms with van der Waals surface area (Å²) in [4.78, 5) is 4.83. The molecule has 1 aromatic rings. The van der Waals surface area contributed by atoms with Gasteiger partial charge in [0.25, 0.3) is 0 Å². The fourth-order valence-corrected chi connectivity index (χ4v) is 3.68. The van der Waals surface area contributed by atoms with Gasteiger partial charge < -0.3 is 15.1 Å². The van der Waals surface area contributed by atoms with E-state index in [1.165, 1.54) is 18.6 Å². The molecule has 0 radical (unpaired) electrons. The second-order valence-electron chi connectivity index (χ2n) is 6.28. The van der Waals surface area contributed by atoms with E-state index in [0.29, 0.717) is 10.8 Å². The summed E-state index contributed by atoms with van der Waals surface area (Å²) in [6.07, 6.45) is 6.27. The summed E-state index contributed by atoms with van der Waals surface area (Å²) >= 11 is 2.06. The molecule has 2 rings (SSSR count). The maximum Gasteiger partial charge on any atom is 0.191 e. The van der Waals surface area contributed by atoms with Crippen LogP contribution in [0.1, 0.15) is 45.8 Å². The number of guanidine groups is 1. The Morgan fingerprint density at radius 2 is 2.41 bits per heavy atom. The van der Waals surface area contributed by atoms with Gasteiger partial charge in [0, 0.05) is 23.8 Å². The average molecular weight is 324 g/mol. The Bertz CT molecular complexity index is 452. The van der Waals surface area contributed by atoms with Gasteiger partial charge in [-0.15, -0.1) is 0 Å². The molecule has 2 unspecified atom stereocenters. The molecule has 124 valence electrons. The molecule has 22 heavy (non-hydrogen) atoms. The largest absolute Gasteiger partial charge is 0.469 e. The molecule has 1 saturated heterocycles. The lowest BCUT2D eigenvalue weighted by Gasteiger charge is -2.22. The maximum absolute atomic E-state index is 5.37. The second kappa shape index (κ2) is 8.51. The summed E-state index contributed by atoms with van der Waals surface area (Å²) in [5, 5.41) is 6.92. The van der Waals surface area contributed by atoms with Gasteiger partial charge in [0.15, 0.2) is 5.96 Å². The van der Waals surface area contributed by atoms with E-state index in [2.05, 4.69) is 43.2 Å². The van der Waals surface area contributed by atoms with E-state index < -0.39 is 0 Å². The smallest absolute Gasteiger partial charge is 0.191 e. The van der Waals surface area contributed by atoms with Gasteiger partial charge in [0.1, 0.15) is 5.76 Å². The molecular weight excluding hydrogens is 294 g/mol. The van der Waals surface area contributed by atoms with E-state index in [9.17, 15) is 0 Å². The molecule has 1 aromatic heterocycles. The molecule has 0 spiro atoms. The van der Waals surface area contributed by atoms with Crippen LogP contribution in [0.3, 0.4) is 0 Å². The van der Waals surface area contributed by atoms with E-state index in [1.807, 2.05) is 12.1 Å². The highest BCUT2D eigenvalue weighted by Gasteiger charge is 2.29. The maximum atomic E-state index is 5.37. The summed E-state index contributed by atoms with van der Waals surface area (Å²) in [6.45, 7) is 8.42. The monoisotopic (exact) mass is 323 g/mol. The van der Waals surface area contributed by atoms with Crippen molar-refractivity contribution in [1.29, 1.82) is 0 Å². The van der Waals surface area contributed by atoms with Crippen molar-refractivity contribution in [2.75, 3.05) is 18.8 Å². The Morgan fingerprint density at radius 3 is 3.05 bits per heavy atom. The van der Waals surface area contributed by atoms with Crippen molar-refractivity contribution in [3.05, 3.63) is 24.2 Å². The van der Waals surface area contributed by atoms with Crippen LogP contribution in [-0.2, 0) is 6.42 Å². The quantitative estimate of drug-likeness (QED) is 0.596. The molecule has 0 saturated carbocycles. The van der Waals surface area contributed by atoms with Crippen molar-refractivity contribution < 1.29 is 4.42 Å². The third kappa shape index (κ3) is 5.59. The Balaban J connectivity index is 1.86. The Morgan fingerprint density at radius 1 is 1.55 bits per heavy atom. The first-order valence-electron chi connectivity index (χ1n) is 8.32. The summed E-state index contributed by atoms with van der Waals surface area (Å²) in [7, 11) is 0. The molecule has 4 nitrogen and oxygen atoms in total. The molecule has 0 amide bonds. The molecule has 2 heterocycles. The van der Waals surface area contributed by atoms with Crippen molar-refractivity contribution in [2.45, 2.75) is 57.2 Å². The lowest BCUT2D eigenvalue weighted by Crippen LogP contribution is -2.43. The van der Waals surface area contributed by atoms with Crippen LogP contribution < -0.4 is 10.6 Å². The van der Waals surface area contributed by atoms with Crippen LogP contribution in [0.5, 0.6) is 0 Å². The standard InChI is InChI=1S/C17H29N3OS/c1-4-14(2)20-16(18-10-8-15-7-5-11-21-15)19-13-17(3)9-6-12-22-17/h5,7,11,14H,4,6,8-10,12-13H2,1-3H3,(H2,18,19,20). The van der Waals surface area contributed by atoms with Gasteiger partial charge in [-0.25, -0.2) is 0 Å². The zero-order valence-corrected chi connectivity index (χ0v) is 14.8. The SMILES string of the molecule is CCC(C)NC(=NCC1(C)CCCS1)NCCc1ccco1. The molecule has 1 fully saturated rings. The predicted octanol–water partition coefficient (Wildman–Crippen LogP) is 3.44. The minimum atomic E-state index is 0.311. The van der Waals surface area contributed by atoms with Crippen molar-refractivity contribution in [3.8, 4) is 0 Å². The number of aliphatic imine (C=N–C) groups is 1. The van der Waals surface area contributed by atoms with Crippen molar-refractivity contribution in [1.82, 2.24) is 10.6 Å². The number of nitrogens with zero attached hydrogens (tertiary/aromatic N) is 1. The first-order valence-corrected chi connectivity index (χ1v) is 9.31. The molecule has 1 aliphatic rings. The third-order valence-electron chi connectivity index (χ3n) is 4.11. The molecule has 0 aromatic carbocycles. The van der Waals surface area contributed by atoms with E-state index in [4.69, 9.17) is 9.41 Å². The number of rotatable bonds is 7. The molecule has 2 N–H and O–H groups in total. The lowest BCUT2D eigenvalue weighted by molar-refractivity contribution is 0.505. The first kappa shape index (κ1) is 17.3. The minimum absolute atomic E-state index is 0.311. The number of thioether (sulfide) groups is 1. The highest BCUT2D eigenvalue weighted by Crippen LogP contribution is 2.37. The Labute approximate surface area is 138 Å². The van der Waals surface area contributed by atoms with Crippen LogP contribution >= 0.6 is 11.8 Å². The average Bonchev–Trinajstić information content (AvgIpc) is 3.16. The summed E-state index contributed by atoms with van der Waals surface area (Å²) in [5.74, 6) is 3.20. The predicted molar refractivity (Wildman–Crippen MR) is 95.7 cm³/mol. The van der Waals surface area contributed by atoms with E-state index >= 15 is 0 Å². The van der Waals surface area contributed by atoms with E-state index in [0.717, 1.165) is 37.7 Å². The van der Waals surface area contributed by atoms with Gasteiger partial charge in [-0.2, -0.15) is 11.8 Å². The lowest BCUT2D eigenvalue weighted by atomic mass is 10.1. The van der Waals surface area contributed by atoms with Crippen LogP contribution in [0.4, 0.5) is 0 Å². The van der Waals surface area contributed by atoms with Gasteiger partial charge in [0.2, 0.25) is 0 Å². The van der Waals surface area contributed by atoms with E-state index in [-0.39, 0.29) is 0 Å². The Hall–Kier alpha value is -1.10. The first-order chi connectivity index (χ1) is 10.6. The molecule has 5 heteroatoms. The molecule has 0 aliphatic carbocycles. The highest BCUT2D eigenvalue weighted by atomic mass is 32.2. The zero-order chi connectivity index (χ0) is 15.8. The molecular formula is C17H29N3OS. The van der Waals surface area contributed by atoms with Crippen LogP contribution in [0.25, 0.3) is 0 Å². The fourth-order valence-electron chi connectivity index (χ4n) is 2.45. The number of nitrogens with one attached hydrogen (secondary N) is 2. The highest BCUT2D eigenvalue weighted by molar-refractivity contribution is 8.00. The van der Waals surface area contributed by atoms with Crippen LogP contribution in [-0.4, -0.2) is 35.6 Å². The van der Waals surface area contributed by atoms with Gasteiger partial charge in [-0.1, -0.05) is 6.92 Å². The fraction of sp³-hybridized carbons (Fsp3) is 0.706. The number of hydrogen-bond donors (Lipinski definition) is 2. The van der Waals surface area contributed by atoms with Gasteiger partial charge in [-0.3, -0.25) is 4.99 Å². The van der Waals surface area contributed by atoms with Gasteiger partial charge >= 0.3 is 0 Å². The summed E-state index contributed by atoms with van der Waals surface area (Å²) in [5.41, 5.74) is 0. The molecule has 2 atom stereocenters. The van der Waals surface area contributed by atoms with Crippen LogP contribution in [0, 0.1) is 0 Å². The van der Waals surface area contributed by atoms with Crippen LogP contribution in [0.2, 0.25) is 0 Å². The Kier molecular flexibility index (Phi) is 6.68. The van der Waals surface area contributed by atoms with Crippen molar-refractivity contribution in [3.63, 3.8) is 0 Å².